The van der Waals surface area contributed by atoms with Gasteiger partial charge in [0.25, 0.3) is 5.95 Å². The summed E-state index contributed by atoms with van der Waals surface area (Å²) in [7, 11) is 0. The van der Waals surface area contributed by atoms with Crippen molar-refractivity contribution in [1.82, 2.24) is 0 Å². The van der Waals surface area contributed by atoms with Crippen molar-refractivity contribution in [2.75, 3.05) is 13.2 Å². The number of hydrogen-bond acceptors (Lipinski definition) is 3. The van der Waals surface area contributed by atoms with Gasteiger partial charge in [-0.3, -0.25) is 0 Å². The van der Waals surface area contributed by atoms with E-state index in [4.69, 9.17) is 14.7 Å². The van der Waals surface area contributed by atoms with Crippen molar-refractivity contribution in [2.45, 2.75) is 13.3 Å². The summed E-state index contributed by atoms with van der Waals surface area (Å²) < 4.78 is 11.0. The SMILES string of the molecule is CC1COC(=C2C=CC(C#N)=CC2)OC1. The predicted octanol–water partition coefficient (Wildman–Crippen LogP) is 2.29. The Kier molecular flexibility index (Phi) is 2.77. The minimum atomic E-state index is 0.451. The van der Waals surface area contributed by atoms with E-state index in [1.54, 1.807) is 6.08 Å². The van der Waals surface area contributed by atoms with Crippen LogP contribution in [0, 0.1) is 17.2 Å². The van der Waals surface area contributed by atoms with Gasteiger partial charge < -0.3 is 9.47 Å². The molecule has 0 bridgehead atoms. The van der Waals surface area contributed by atoms with Crippen LogP contribution < -0.4 is 0 Å². The fraction of sp³-hybridized carbons (Fsp3) is 0.417. The van der Waals surface area contributed by atoms with Gasteiger partial charge in [0.1, 0.15) is 0 Å². The highest BCUT2D eigenvalue weighted by atomic mass is 16.7. The predicted molar refractivity (Wildman–Crippen MR) is 55.5 cm³/mol. The maximum absolute atomic E-state index is 8.67. The Bertz CT molecular complexity index is 375. The summed E-state index contributed by atoms with van der Waals surface area (Å²) in [6, 6.07) is 2.10. The van der Waals surface area contributed by atoms with E-state index in [9.17, 15) is 0 Å². The van der Waals surface area contributed by atoms with Gasteiger partial charge in [0.15, 0.2) is 0 Å². The van der Waals surface area contributed by atoms with E-state index in [1.165, 1.54) is 0 Å². The molecule has 0 spiro atoms. The Morgan fingerprint density at radius 2 is 2.07 bits per heavy atom. The lowest BCUT2D eigenvalue weighted by Crippen LogP contribution is -2.21. The Balaban J connectivity index is 2.08. The van der Waals surface area contributed by atoms with Crippen LogP contribution in [-0.2, 0) is 9.47 Å². The maximum atomic E-state index is 8.67. The normalized spacial score (nSPS) is 25.1. The van der Waals surface area contributed by atoms with Crippen molar-refractivity contribution in [3.05, 3.63) is 35.3 Å². The van der Waals surface area contributed by atoms with Crippen molar-refractivity contribution in [2.24, 2.45) is 5.92 Å². The molecule has 0 N–H and O–H groups in total. The van der Waals surface area contributed by atoms with E-state index < -0.39 is 0 Å². The molecule has 0 aromatic carbocycles. The maximum Gasteiger partial charge on any atom is 0.282 e. The van der Waals surface area contributed by atoms with Crippen LogP contribution in [0.4, 0.5) is 0 Å². The molecule has 2 aliphatic rings. The number of hydrogen-bond donors (Lipinski definition) is 0. The highest BCUT2D eigenvalue weighted by molar-refractivity contribution is 5.42. The number of ether oxygens (including phenoxy) is 2. The fourth-order valence-electron chi connectivity index (χ4n) is 1.49. The topological polar surface area (TPSA) is 42.2 Å². The Morgan fingerprint density at radius 1 is 1.33 bits per heavy atom. The lowest BCUT2D eigenvalue weighted by Gasteiger charge is -2.24. The third-order valence-corrected chi connectivity index (χ3v) is 2.40. The van der Waals surface area contributed by atoms with Gasteiger partial charge in [0, 0.05) is 17.1 Å². The molecule has 0 amide bonds. The first-order valence-electron chi connectivity index (χ1n) is 5.06. The van der Waals surface area contributed by atoms with Crippen LogP contribution in [0.5, 0.6) is 0 Å². The van der Waals surface area contributed by atoms with E-state index in [2.05, 4.69) is 13.0 Å². The van der Waals surface area contributed by atoms with E-state index in [0.717, 1.165) is 5.57 Å². The number of allylic oxidation sites excluding steroid dienone is 5. The van der Waals surface area contributed by atoms with Crippen LogP contribution >= 0.6 is 0 Å². The van der Waals surface area contributed by atoms with E-state index in [0.29, 0.717) is 37.1 Å². The number of nitriles is 1. The zero-order chi connectivity index (χ0) is 10.7. The van der Waals surface area contributed by atoms with Gasteiger partial charge in [0.05, 0.1) is 19.3 Å². The van der Waals surface area contributed by atoms with E-state index >= 15 is 0 Å². The Labute approximate surface area is 89.3 Å². The molecular formula is C12H13NO2. The fourth-order valence-corrected chi connectivity index (χ4v) is 1.49. The smallest absolute Gasteiger partial charge is 0.282 e. The van der Waals surface area contributed by atoms with Crippen molar-refractivity contribution in [3.63, 3.8) is 0 Å². The zero-order valence-electron chi connectivity index (χ0n) is 8.69. The second kappa shape index (κ2) is 4.22. The first-order valence-corrected chi connectivity index (χ1v) is 5.06. The van der Waals surface area contributed by atoms with Gasteiger partial charge in [-0.1, -0.05) is 19.1 Å². The monoisotopic (exact) mass is 203 g/mol. The van der Waals surface area contributed by atoms with Crippen molar-refractivity contribution < 1.29 is 9.47 Å². The highest BCUT2D eigenvalue weighted by Crippen LogP contribution is 2.23. The molecule has 0 unspecified atom stereocenters. The number of rotatable bonds is 0. The molecule has 1 heterocycles. The van der Waals surface area contributed by atoms with Crippen molar-refractivity contribution in [1.29, 1.82) is 5.26 Å². The highest BCUT2D eigenvalue weighted by Gasteiger charge is 2.18. The molecule has 3 heteroatoms. The van der Waals surface area contributed by atoms with Gasteiger partial charge in [-0.25, -0.2) is 0 Å². The molecule has 1 saturated heterocycles. The molecule has 1 fully saturated rings. The molecule has 0 atom stereocenters. The first kappa shape index (κ1) is 9.85. The average Bonchev–Trinajstić information content (AvgIpc) is 2.30. The average molecular weight is 203 g/mol. The number of nitrogens with zero attached hydrogens (tertiary/aromatic N) is 1. The van der Waals surface area contributed by atoms with Crippen LogP contribution in [0.3, 0.4) is 0 Å². The lowest BCUT2D eigenvalue weighted by molar-refractivity contribution is -0.0473. The molecule has 78 valence electrons. The Morgan fingerprint density at radius 3 is 2.60 bits per heavy atom. The molecule has 1 aliphatic heterocycles. The summed E-state index contributed by atoms with van der Waals surface area (Å²) in [5.41, 5.74) is 1.71. The van der Waals surface area contributed by atoms with Gasteiger partial charge in [-0.2, -0.15) is 5.26 Å². The minimum Gasteiger partial charge on any atom is -0.465 e. The first-order chi connectivity index (χ1) is 7.29. The van der Waals surface area contributed by atoms with Crippen LogP contribution in [0.2, 0.25) is 0 Å². The lowest BCUT2D eigenvalue weighted by atomic mass is 10.0. The summed E-state index contributed by atoms with van der Waals surface area (Å²) >= 11 is 0. The molecule has 0 aromatic rings. The second-order valence-corrected chi connectivity index (χ2v) is 3.85. The second-order valence-electron chi connectivity index (χ2n) is 3.85. The van der Waals surface area contributed by atoms with Gasteiger partial charge in [0.2, 0.25) is 0 Å². The van der Waals surface area contributed by atoms with Gasteiger partial charge >= 0.3 is 0 Å². The van der Waals surface area contributed by atoms with Crippen LogP contribution in [-0.4, -0.2) is 13.2 Å². The molecule has 1 aliphatic carbocycles. The van der Waals surface area contributed by atoms with Gasteiger partial charge in [-0.05, 0) is 12.5 Å². The zero-order valence-corrected chi connectivity index (χ0v) is 8.69. The molecule has 0 saturated carbocycles. The third-order valence-electron chi connectivity index (χ3n) is 2.40. The van der Waals surface area contributed by atoms with Crippen molar-refractivity contribution >= 4 is 0 Å². The van der Waals surface area contributed by atoms with Crippen LogP contribution in [0.15, 0.2) is 35.3 Å². The molecule has 3 nitrogen and oxygen atoms in total. The molecule has 15 heavy (non-hydrogen) atoms. The summed E-state index contributed by atoms with van der Waals surface area (Å²) in [5, 5.41) is 8.67. The Hall–Kier alpha value is -1.69. The van der Waals surface area contributed by atoms with Crippen LogP contribution in [0.25, 0.3) is 0 Å². The van der Waals surface area contributed by atoms with E-state index in [1.807, 2.05) is 12.2 Å². The summed E-state index contributed by atoms with van der Waals surface area (Å²) in [6.45, 7) is 3.51. The molecular weight excluding hydrogens is 190 g/mol. The summed E-state index contributed by atoms with van der Waals surface area (Å²) in [5.74, 6) is 1.07. The quantitative estimate of drug-likeness (QED) is 0.606. The molecule has 2 rings (SSSR count). The standard InChI is InChI=1S/C12H13NO2/c1-9-7-14-12(15-8-9)11-4-2-10(6-13)3-5-11/h2-4,9H,5,7-8H2,1H3. The minimum absolute atomic E-state index is 0.451. The summed E-state index contributed by atoms with van der Waals surface area (Å²) in [4.78, 5) is 0. The van der Waals surface area contributed by atoms with Crippen molar-refractivity contribution in [3.8, 4) is 6.07 Å². The van der Waals surface area contributed by atoms with Crippen LogP contribution in [0.1, 0.15) is 13.3 Å². The summed E-state index contributed by atoms with van der Waals surface area (Å²) in [6.07, 6.45) is 6.27. The third kappa shape index (κ3) is 2.21. The van der Waals surface area contributed by atoms with Gasteiger partial charge in [-0.15, -0.1) is 0 Å². The van der Waals surface area contributed by atoms with E-state index in [-0.39, 0.29) is 0 Å². The molecule has 0 aromatic heterocycles. The largest absolute Gasteiger partial charge is 0.465 e. The molecule has 0 radical (unpaired) electrons.